The molecule has 3 rings (SSSR count). The molecule has 1 aromatic heterocycles. The molecule has 1 heterocycles. The summed E-state index contributed by atoms with van der Waals surface area (Å²) in [4.78, 5) is 14.2. The highest BCUT2D eigenvalue weighted by molar-refractivity contribution is 7.89. The number of amides is 1. The van der Waals surface area contributed by atoms with Crippen molar-refractivity contribution in [2.45, 2.75) is 30.2 Å². The third-order valence-corrected chi connectivity index (χ3v) is 5.50. The van der Waals surface area contributed by atoms with Gasteiger partial charge >= 0.3 is 0 Å². The summed E-state index contributed by atoms with van der Waals surface area (Å²) in [6.07, 6.45) is 2.60. The molecule has 1 saturated carbocycles. The second kappa shape index (κ2) is 5.01. The Hall–Kier alpha value is -1.57. The lowest BCUT2D eigenvalue weighted by Crippen LogP contribution is -2.40. The molecule has 21 heavy (non-hydrogen) atoms. The summed E-state index contributed by atoms with van der Waals surface area (Å²) in [5, 5.41) is 0.751. The van der Waals surface area contributed by atoms with Crippen LogP contribution in [0.3, 0.4) is 0 Å². The van der Waals surface area contributed by atoms with E-state index in [1.807, 2.05) is 0 Å². The van der Waals surface area contributed by atoms with Gasteiger partial charge in [-0.05, 0) is 31.0 Å². The van der Waals surface area contributed by atoms with E-state index in [0.717, 1.165) is 19.3 Å². The molecular weight excluding hydrogens is 314 g/mol. The first-order chi connectivity index (χ1) is 9.88. The van der Waals surface area contributed by atoms with E-state index < -0.39 is 15.9 Å². The number of aromatic nitrogens is 1. The summed E-state index contributed by atoms with van der Waals surface area (Å²) in [7, 11) is -3.84. The zero-order chi connectivity index (χ0) is 15.2. The number of sulfonamides is 1. The monoisotopic (exact) mass is 327 g/mol. The Balaban J connectivity index is 2.20. The largest absolute Gasteiger partial charge is 0.364 e. The molecular formula is C13H14ClN3O3S. The van der Waals surface area contributed by atoms with Gasteiger partial charge in [-0.3, -0.25) is 4.79 Å². The molecule has 1 aliphatic carbocycles. The van der Waals surface area contributed by atoms with Crippen LogP contribution >= 0.6 is 11.6 Å². The van der Waals surface area contributed by atoms with Gasteiger partial charge in [0.05, 0.1) is 0 Å². The normalized spacial score (nSPS) is 16.0. The van der Waals surface area contributed by atoms with Gasteiger partial charge in [0.1, 0.15) is 10.6 Å². The van der Waals surface area contributed by atoms with Crippen molar-refractivity contribution in [1.82, 2.24) is 9.71 Å². The summed E-state index contributed by atoms with van der Waals surface area (Å²) >= 11 is 5.93. The minimum atomic E-state index is -3.84. The fourth-order valence-corrected chi connectivity index (χ4v) is 4.24. The predicted molar refractivity (Wildman–Crippen MR) is 79.8 cm³/mol. The highest BCUT2D eigenvalue weighted by atomic mass is 35.5. The fraction of sp³-hybridized carbons (Fsp3) is 0.308. The smallest absolute Gasteiger partial charge is 0.266 e. The molecule has 1 aliphatic rings. The zero-order valence-electron chi connectivity index (χ0n) is 11.0. The number of carbonyl (C=O) groups is 1. The molecule has 8 heteroatoms. The average molecular weight is 328 g/mol. The van der Waals surface area contributed by atoms with Gasteiger partial charge in [0.15, 0.2) is 0 Å². The maximum atomic E-state index is 12.6. The van der Waals surface area contributed by atoms with Crippen molar-refractivity contribution in [2.24, 2.45) is 5.73 Å². The van der Waals surface area contributed by atoms with Crippen molar-refractivity contribution in [1.29, 1.82) is 0 Å². The lowest BCUT2D eigenvalue weighted by Gasteiger charge is -2.26. The number of rotatable bonds is 4. The first-order valence-electron chi connectivity index (χ1n) is 6.52. The Morgan fingerprint density at radius 1 is 1.38 bits per heavy atom. The Morgan fingerprint density at radius 3 is 2.67 bits per heavy atom. The van der Waals surface area contributed by atoms with Crippen LogP contribution in [0.4, 0.5) is 0 Å². The second-order valence-corrected chi connectivity index (χ2v) is 7.22. The Labute approximate surface area is 126 Å². The van der Waals surface area contributed by atoms with E-state index in [-0.39, 0.29) is 16.6 Å². The van der Waals surface area contributed by atoms with Gasteiger partial charge in [-0.1, -0.05) is 18.0 Å². The number of H-pyrrole nitrogens is 1. The number of aromatic amines is 1. The number of hydrogen-bond donors (Lipinski definition) is 3. The highest BCUT2D eigenvalue weighted by Gasteiger charge is 2.31. The van der Waals surface area contributed by atoms with E-state index in [1.54, 1.807) is 12.1 Å². The molecule has 1 aromatic carbocycles. The van der Waals surface area contributed by atoms with Crippen LogP contribution in [-0.2, 0) is 10.0 Å². The van der Waals surface area contributed by atoms with Crippen LogP contribution in [0.15, 0.2) is 23.1 Å². The lowest BCUT2D eigenvalue weighted by molar-refractivity contribution is 0.0993. The molecule has 0 spiro atoms. The molecule has 112 valence electrons. The minimum absolute atomic E-state index is 0.0835. The van der Waals surface area contributed by atoms with Gasteiger partial charge in [0, 0.05) is 22.0 Å². The highest BCUT2D eigenvalue weighted by Crippen LogP contribution is 2.30. The summed E-state index contributed by atoms with van der Waals surface area (Å²) < 4.78 is 27.7. The number of carbonyl (C=O) groups excluding carboxylic acids is 1. The molecule has 0 radical (unpaired) electrons. The van der Waals surface area contributed by atoms with Crippen molar-refractivity contribution in [2.75, 3.05) is 0 Å². The van der Waals surface area contributed by atoms with Gasteiger partial charge < -0.3 is 10.7 Å². The summed E-state index contributed by atoms with van der Waals surface area (Å²) in [6, 6.07) is 4.66. The van der Waals surface area contributed by atoms with Crippen LogP contribution in [0.2, 0.25) is 5.02 Å². The first kappa shape index (κ1) is 14.4. The van der Waals surface area contributed by atoms with Gasteiger partial charge in [0.25, 0.3) is 5.91 Å². The van der Waals surface area contributed by atoms with Crippen molar-refractivity contribution < 1.29 is 13.2 Å². The molecule has 6 nitrogen and oxygen atoms in total. The van der Waals surface area contributed by atoms with Gasteiger partial charge in [-0.25, -0.2) is 13.1 Å². The Bertz CT molecular complexity index is 825. The Kier molecular flexibility index (Phi) is 3.43. The number of fused-ring (bicyclic) bond motifs is 1. The Morgan fingerprint density at radius 2 is 2.10 bits per heavy atom. The molecule has 1 amide bonds. The third kappa shape index (κ3) is 2.52. The number of benzene rings is 1. The lowest BCUT2D eigenvalue weighted by atomic mass is 9.94. The van der Waals surface area contributed by atoms with Crippen LogP contribution in [0.25, 0.3) is 10.9 Å². The minimum Gasteiger partial charge on any atom is -0.364 e. The van der Waals surface area contributed by atoms with Crippen molar-refractivity contribution in [3.8, 4) is 0 Å². The standard InChI is InChI=1S/C13H14ClN3O3S/c14-7-4-5-10-9(6-7)12(11(16-10)13(15)18)21(19,20)17-8-2-1-3-8/h4-6,8,16-17H,1-3H2,(H2,15,18). The topological polar surface area (TPSA) is 105 Å². The van der Waals surface area contributed by atoms with Gasteiger partial charge in [-0.15, -0.1) is 0 Å². The molecule has 0 unspecified atom stereocenters. The number of hydrogen-bond acceptors (Lipinski definition) is 3. The van der Waals surface area contributed by atoms with E-state index >= 15 is 0 Å². The quantitative estimate of drug-likeness (QED) is 0.796. The molecule has 0 aliphatic heterocycles. The third-order valence-electron chi connectivity index (χ3n) is 3.66. The van der Waals surface area contributed by atoms with Crippen LogP contribution < -0.4 is 10.5 Å². The van der Waals surface area contributed by atoms with Crippen molar-refractivity contribution >= 4 is 38.4 Å². The zero-order valence-corrected chi connectivity index (χ0v) is 12.6. The molecule has 1 fully saturated rings. The van der Waals surface area contributed by atoms with Crippen LogP contribution in [0.1, 0.15) is 29.8 Å². The second-order valence-electron chi connectivity index (χ2n) is 5.13. The molecule has 0 saturated heterocycles. The van der Waals surface area contributed by atoms with E-state index in [1.165, 1.54) is 6.07 Å². The predicted octanol–water partition coefficient (Wildman–Crippen LogP) is 1.75. The van der Waals surface area contributed by atoms with Gasteiger partial charge in [0.2, 0.25) is 10.0 Å². The number of nitrogens with one attached hydrogen (secondary N) is 2. The van der Waals surface area contributed by atoms with Crippen LogP contribution in [0, 0.1) is 0 Å². The van der Waals surface area contributed by atoms with E-state index in [2.05, 4.69) is 9.71 Å². The maximum absolute atomic E-state index is 12.6. The van der Waals surface area contributed by atoms with Crippen molar-refractivity contribution in [3.63, 3.8) is 0 Å². The maximum Gasteiger partial charge on any atom is 0.266 e. The summed E-state index contributed by atoms with van der Waals surface area (Å²) in [6.45, 7) is 0. The number of halogens is 1. The van der Waals surface area contributed by atoms with E-state index in [4.69, 9.17) is 17.3 Å². The number of nitrogens with two attached hydrogens (primary N) is 1. The fourth-order valence-electron chi connectivity index (χ4n) is 2.40. The molecule has 0 bridgehead atoms. The van der Waals surface area contributed by atoms with Crippen molar-refractivity contribution in [3.05, 3.63) is 28.9 Å². The molecule has 4 N–H and O–H groups in total. The van der Waals surface area contributed by atoms with E-state index in [0.29, 0.717) is 15.9 Å². The first-order valence-corrected chi connectivity index (χ1v) is 8.38. The summed E-state index contributed by atoms with van der Waals surface area (Å²) in [5.41, 5.74) is 5.67. The van der Waals surface area contributed by atoms with Gasteiger partial charge in [-0.2, -0.15) is 0 Å². The van der Waals surface area contributed by atoms with Crippen LogP contribution in [0.5, 0.6) is 0 Å². The summed E-state index contributed by atoms with van der Waals surface area (Å²) in [5.74, 6) is -0.823. The van der Waals surface area contributed by atoms with Crippen LogP contribution in [-0.4, -0.2) is 25.4 Å². The molecule has 0 atom stereocenters. The number of primary amides is 1. The van der Waals surface area contributed by atoms with E-state index in [9.17, 15) is 13.2 Å². The average Bonchev–Trinajstić information content (AvgIpc) is 2.73. The molecule has 2 aromatic rings. The SMILES string of the molecule is NC(=O)c1[nH]c2ccc(Cl)cc2c1S(=O)(=O)NC1CCC1.